The topological polar surface area (TPSA) is 87.3 Å². The van der Waals surface area contributed by atoms with E-state index in [2.05, 4.69) is 31.9 Å². The molecule has 3 amide bonds. The molecule has 40 heavy (non-hydrogen) atoms. The zero-order valence-corrected chi connectivity index (χ0v) is 24.4. The third kappa shape index (κ3) is 8.18. The number of thioether (sulfide) groups is 1. The number of amides is 3. The highest BCUT2D eigenvalue weighted by atomic mass is 79.9. The van der Waals surface area contributed by atoms with Crippen LogP contribution in [0.4, 0.5) is 11.4 Å². The monoisotopic (exact) mass is 613 g/mol. The number of halogens is 1. The van der Waals surface area contributed by atoms with E-state index < -0.39 is 11.8 Å². The van der Waals surface area contributed by atoms with Crippen molar-refractivity contribution >= 4 is 62.9 Å². The fraction of sp³-hybridized carbons (Fsp3) is 0.0938. The first-order valence-electron chi connectivity index (χ1n) is 12.5. The van der Waals surface area contributed by atoms with Gasteiger partial charge in [0.15, 0.2) is 0 Å². The zero-order valence-electron chi connectivity index (χ0n) is 22.0. The van der Waals surface area contributed by atoms with E-state index in [0.29, 0.717) is 11.3 Å². The van der Waals surface area contributed by atoms with Crippen molar-refractivity contribution in [3.8, 4) is 0 Å². The Kier molecular flexibility index (Phi) is 9.94. The number of carbonyl (C=O) groups excluding carboxylic acids is 3. The van der Waals surface area contributed by atoms with Gasteiger partial charge in [-0.15, -0.1) is 11.8 Å². The number of carbonyl (C=O) groups is 3. The summed E-state index contributed by atoms with van der Waals surface area (Å²) in [4.78, 5) is 39.6. The average molecular weight is 615 g/mol. The molecule has 0 atom stereocenters. The summed E-state index contributed by atoms with van der Waals surface area (Å²) in [5.41, 5.74) is 4.66. The van der Waals surface area contributed by atoms with Crippen LogP contribution in [0, 0.1) is 13.8 Å². The van der Waals surface area contributed by atoms with E-state index in [1.165, 1.54) is 11.8 Å². The van der Waals surface area contributed by atoms with Crippen LogP contribution in [0.3, 0.4) is 0 Å². The third-order valence-electron chi connectivity index (χ3n) is 5.90. The molecular weight excluding hydrogens is 586 g/mol. The maximum atomic E-state index is 13.3. The van der Waals surface area contributed by atoms with Gasteiger partial charge >= 0.3 is 0 Å². The fourth-order valence-electron chi connectivity index (χ4n) is 3.90. The summed E-state index contributed by atoms with van der Waals surface area (Å²) < 4.78 is 0.849. The van der Waals surface area contributed by atoms with Crippen molar-refractivity contribution in [2.24, 2.45) is 0 Å². The van der Waals surface area contributed by atoms with Gasteiger partial charge in [0, 0.05) is 26.3 Å². The summed E-state index contributed by atoms with van der Waals surface area (Å²) in [6, 6.07) is 29.2. The molecule has 0 radical (unpaired) electrons. The van der Waals surface area contributed by atoms with Crippen LogP contribution in [-0.4, -0.2) is 23.5 Å². The average Bonchev–Trinajstić information content (AvgIpc) is 2.94. The summed E-state index contributed by atoms with van der Waals surface area (Å²) >= 11 is 4.81. The van der Waals surface area contributed by atoms with Crippen LogP contribution in [-0.2, 0) is 9.59 Å². The Labute approximate surface area is 246 Å². The number of hydrogen-bond acceptors (Lipinski definition) is 4. The molecule has 0 unspecified atom stereocenters. The Balaban J connectivity index is 1.46. The van der Waals surface area contributed by atoms with Crippen molar-refractivity contribution in [2.75, 3.05) is 16.4 Å². The van der Waals surface area contributed by atoms with Gasteiger partial charge in [0.1, 0.15) is 5.70 Å². The lowest BCUT2D eigenvalue weighted by Gasteiger charge is -2.13. The zero-order chi connectivity index (χ0) is 28.5. The van der Waals surface area contributed by atoms with E-state index in [-0.39, 0.29) is 17.4 Å². The molecule has 0 saturated carbocycles. The minimum atomic E-state index is -0.473. The molecule has 0 heterocycles. The van der Waals surface area contributed by atoms with E-state index in [9.17, 15) is 14.4 Å². The molecule has 202 valence electrons. The molecule has 4 aromatic carbocycles. The van der Waals surface area contributed by atoms with Gasteiger partial charge in [-0.25, -0.2) is 0 Å². The summed E-state index contributed by atoms with van der Waals surface area (Å²) in [7, 11) is 0. The number of aryl methyl sites for hydroxylation is 2. The minimum absolute atomic E-state index is 0.0954. The largest absolute Gasteiger partial charge is 0.325 e. The second-order valence-corrected chi connectivity index (χ2v) is 11.0. The molecule has 6 nitrogen and oxygen atoms in total. The summed E-state index contributed by atoms with van der Waals surface area (Å²) in [5.74, 6) is -0.762. The van der Waals surface area contributed by atoms with Gasteiger partial charge in [-0.1, -0.05) is 70.5 Å². The summed E-state index contributed by atoms with van der Waals surface area (Å²) in [6.07, 6.45) is 1.62. The summed E-state index contributed by atoms with van der Waals surface area (Å²) in [5, 5.41) is 8.60. The van der Waals surface area contributed by atoms with Crippen LogP contribution in [0.5, 0.6) is 0 Å². The Hall–Kier alpha value is -4.14. The molecule has 0 spiro atoms. The predicted molar refractivity (Wildman–Crippen MR) is 166 cm³/mol. The maximum Gasteiger partial charge on any atom is 0.272 e. The highest BCUT2D eigenvalue weighted by Gasteiger charge is 2.16. The predicted octanol–water partition coefficient (Wildman–Crippen LogP) is 7.21. The lowest BCUT2D eigenvalue weighted by Crippen LogP contribution is -2.30. The van der Waals surface area contributed by atoms with Crippen LogP contribution in [0.1, 0.15) is 27.0 Å². The number of rotatable bonds is 9. The smallest absolute Gasteiger partial charge is 0.272 e. The Morgan fingerprint density at radius 3 is 2.23 bits per heavy atom. The van der Waals surface area contributed by atoms with Crippen molar-refractivity contribution in [3.05, 3.63) is 129 Å². The maximum absolute atomic E-state index is 13.3. The van der Waals surface area contributed by atoms with Gasteiger partial charge in [-0.2, -0.15) is 0 Å². The first kappa shape index (κ1) is 28.9. The second kappa shape index (κ2) is 13.8. The van der Waals surface area contributed by atoms with Crippen LogP contribution in [0.25, 0.3) is 6.08 Å². The molecule has 8 heteroatoms. The summed E-state index contributed by atoms with van der Waals surface area (Å²) in [6.45, 7) is 3.92. The fourth-order valence-corrected chi connectivity index (χ4v) is 5.08. The lowest BCUT2D eigenvalue weighted by molar-refractivity contribution is -0.114. The van der Waals surface area contributed by atoms with Gasteiger partial charge in [0.05, 0.1) is 5.75 Å². The van der Waals surface area contributed by atoms with E-state index in [0.717, 1.165) is 31.7 Å². The molecule has 0 aliphatic heterocycles. The van der Waals surface area contributed by atoms with E-state index in [1.807, 2.05) is 74.5 Å². The Bertz CT molecular complexity index is 1550. The van der Waals surface area contributed by atoms with Gasteiger partial charge < -0.3 is 16.0 Å². The van der Waals surface area contributed by atoms with Crippen molar-refractivity contribution in [1.29, 1.82) is 0 Å². The van der Waals surface area contributed by atoms with Crippen LogP contribution in [0.15, 0.2) is 112 Å². The molecule has 0 aliphatic rings. The van der Waals surface area contributed by atoms with Crippen molar-refractivity contribution in [1.82, 2.24) is 5.32 Å². The molecule has 4 aromatic rings. The van der Waals surface area contributed by atoms with Crippen molar-refractivity contribution in [3.63, 3.8) is 0 Å². The Morgan fingerprint density at radius 1 is 0.800 bits per heavy atom. The van der Waals surface area contributed by atoms with Crippen LogP contribution >= 0.6 is 27.7 Å². The number of hydrogen-bond donors (Lipinski definition) is 3. The molecule has 0 bridgehead atoms. The highest BCUT2D eigenvalue weighted by Crippen LogP contribution is 2.24. The standard InChI is InChI=1S/C32H28BrN3O3S/c1-21-9-6-10-22(2)30(21)36-29(37)20-40-27-16-8-15-26(19-27)34-32(39)28(18-23-11-7-14-25(33)17-23)35-31(38)24-12-4-3-5-13-24/h3-19H,20H2,1-2H3,(H,34,39)(H,35,38)(H,36,37)/b28-18+. The molecule has 0 saturated heterocycles. The molecule has 3 N–H and O–H groups in total. The number of nitrogens with one attached hydrogen (secondary N) is 3. The number of benzene rings is 4. The highest BCUT2D eigenvalue weighted by molar-refractivity contribution is 9.10. The minimum Gasteiger partial charge on any atom is -0.325 e. The SMILES string of the molecule is Cc1cccc(C)c1NC(=O)CSc1cccc(NC(=O)/C(=C\c2cccc(Br)c2)NC(=O)c2ccccc2)c1. The molecular formula is C32H28BrN3O3S. The molecule has 0 aromatic heterocycles. The molecule has 0 fully saturated rings. The normalized spacial score (nSPS) is 11.0. The van der Waals surface area contributed by atoms with Gasteiger partial charge in [-0.3, -0.25) is 14.4 Å². The Morgan fingerprint density at radius 2 is 1.50 bits per heavy atom. The van der Waals surface area contributed by atoms with E-state index >= 15 is 0 Å². The van der Waals surface area contributed by atoms with Crippen molar-refractivity contribution in [2.45, 2.75) is 18.7 Å². The van der Waals surface area contributed by atoms with Crippen molar-refractivity contribution < 1.29 is 14.4 Å². The third-order valence-corrected chi connectivity index (χ3v) is 7.38. The molecule has 4 rings (SSSR count). The molecule has 0 aliphatic carbocycles. The first-order valence-corrected chi connectivity index (χ1v) is 14.3. The van der Waals surface area contributed by atoms with Gasteiger partial charge in [-0.05, 0) is 79.1 Å². The van der Waals surface area contributed by atoms with Crippen LogP contribution in [0.2, 0.25) is 0 Å². The number of anilines is 2. The number of para-hydroxylation sites is 1. The van der Waals surface area contributed by atoms with Gasteiger partial charge in [0.2, 0.25) is 5.91 Å². The first-order chi connectivity index (χ1) is 19.3. The second-order valence-electron chi connectivity index (χ2n) is 9.02. The quantitative estimate of drug-likeness (QED) is 0.137. The lowest BCUT2D eigenvalue weighted by atomic mass is 10.1. The van der Waals surface area contributed by atoms with Gasteiger partial charge in [0.25, 0.3) is 11.8 Å². The van der Waals surface area contributed by atoms with E-state index in [1.54, 1.807) is 42.5 Å². The van der Waals surface area contributed by atoms with Crippen LogP contribution < -0.4 is 16.0 Å². The van der Waals surface area contributed by atoms with E-state index in [4.69, 9.17) is 0 Å².